The molecular formula is C14H13FN2O3S. The lowest BCUT2D eigenvalue weighted by atomic mass is 10.2. The average Bonchev–Trinajstić information content (AvgIpc) is 2.48. The maximum atomic E-state index is 12.8. The molecule has 0 radical (unpaired) electrons. The molecule has 2 N–H and O–H groups in total. The number of nitrogens with one attached hydrogen (secondary N) is 2. The van der Waals surface area contributed by atoms with Crippen molar-refractivity contribution >= 4 is 21.6 Å². The van der Waals surface area contributed by atoms with Gasteiger partial charge in [0.2, 0.25) is 10.0 Å². The molecule has 1 amide bonds. The summed E-state index contributed by atoms with van der Waals surface area (Å²) in [6, 6.07) is 10.9. The first-order valence-electron chi connectivity index (χ1n) is 6.03. The van der Waals surface area contributed by atoms with Gasteiger partial charge in [0.25, 0.3) is 5.91 Å². The van der Waals surface area contributed by atoms with Crippen LogP contribution in [-0.4, -0.2) is 21.4 Å². The van der Waals surface area contributed by atoms with Crippen molar-refractivity contribution in [2.45, 2.75) is 4.90 Å². The van der Waals surface area contributed by atoms with Crippen LogP contribution >= 0.6 is 0 Å². The van der Waals surface area contributed by atoms with E-state index in [4.69, 9.17) is 0 Å². The third kappa shape index (κ3) is 3.65. The van der Waals surface area contributed by atoms with Crippen molar-refractivity contribution in [3.8, 4) is 0 Å². The van der Waals surface area contributed by atoms with E-state index in [0.717, 1.165) is 0 Å². The monoisotopic (exact) mass is 308 g/mol. The van der Waals surface area contributed by atoms with Gasteiger partial charge in [0.15, 0.2) is 0 Å². The molecule has 0 spiro atoms. The van der Waals surface area contributed by atoms with Crippen molar-refractivity contribution in [3.63, 3.8) is 0 Å². The minimum absolute atomic E-state index is 0.0434. The summed E-state index contributed by atoms with van der Waals surface area (Å²) in [5, 5.41) is 2.56. The Morgan fingerprint density at radius 3 is 2.38 bits per heavy atom. The van der Waals surface area contributed by atoms with Crippen molar-refractivity contribution < 1.29 is 17.6 Å². The van der Waals surface area contributed by atoms with E-state index in [1.807, 2.05) is 0 Å². The molecule has 2 aromatic carbocycles. The van der Waals surface area contributed by atoms with E-state index < -0.39 is 21.7 Å². The zero-order valence-corrected chi connectivity index (χ0v) is 11.9. The smallest absolute Gasteiger partial charge is 0.255 e. The predicted octanol–water partition coefficient (Wildman–Crippen LogP) is 1.99. The summed E-state index contributed by atoms with van der Waals surface area (Å²) in [4.78, 5) is 12.0. The highest BCUT2D eigenvalue weighted by Crippen LogP contribution is 2.16. The Morgan fingerprint density at radius 1 is 1.10 bits per heavy atom. The fourth-order valence-electron chi connectivity index (χ4n) is 1.66. The Bertz CT molecular complexity index is 758. The summed E-state index contributed by atoms with van der Waals surface area (Å²) in [7, 11) is -2.27. The van der Waals surface area contributed by atoms with Crippen LogP contribution in [0.3, 0.4) is 0 Å². The second-order valence-corrected chi connectivity index (χ2v) is 6.08. The van der Waals surface area contributed by atoms with Gasteiger partial charge >= 0.3 is 0 Å². The molecule has 0 saturated heterocycles. The molecule has 7 heteroatoms. The van der Waals surface area contributed by atoms with Gasteiger partial charge in [0.05, 0.1) is 4.90 Å². The van der Waals surface area contributed by atoms with E-state index in [0.29, 0.717) is 5.69 Å². The summed E-state index contributed by atoms with van der Waals surface area (Å²) in [5.41, 5.74) is 0.610. The van der Waals surface area contributed by atoms with Crippen molar-refractivity contribution in [3.05, 3.63) is 59.9 Å². The second kappa shape index (κ2) is 6.02. The minimum Gasteiger partial charge on any atom is -0.322 e. The molecule has 0 atom stereocenters. The molecule has 110 valence electrons. The molecular weight excluding hydrogens is 295 g/mol. The molecule has 0 heterocycles. The molecule has 2 aromatic rings. The number of benzene rings is 2. The van der Waals surface area contributed by atoms with Crippen molar-refractivity contribution in [1.29, 1.82) is 0 Å². The molecule has 0 bridgehead atoms. The third-order valence-corrected chi connectivity index (χ3v) is 4.19. The second-order valence-electron chi connectivity index (χ2n) is 4.20. The Balaban J connectivity index is 2.22. The number of halogens is 1. The largest absolute Gasteiger partial charge is 0.322 e. The first kappa shape index (κ1) is 15.1. The maximum Gasteiger partial charge on any atom is 0.255 e. The normalized spacial score (nSPS) is 11.1. The summed E-state index contributed by atoms with van der Waals surface area (Å²) in [6.07, 6.45) is 0. The molecule has 0 aliphatic rings. The van der Waals surface area contributed by atoms with Crippen LogP contribution in [0.15, 0.2) is 53.4 Å². The van der Waals surface area contributed by atoms with Crippen molar-refractivity contribution in [1.82, 2.24) is 4.72 Å². The lowest BCUT2D eigenvalue weighted by Crippen LogP contribution is -2.19. The van der Waals surface area contributed by atoms with Crippen LogP contribution < -0.4 is 10.0 Å². The Labute approximate surface area is 121 Å². The fourth-order valence-corrected chi connectivity index (χ4v) is 2.44. The molecule has 0 saturated carbocycles. The van der Waals surface area contributed by atoms with Crippen LogP contribution in [0.25, 0.3) is 0 Å². The lowest BCUT2D eigenvalue weighted by molar-refractivity contribution is 0.102. The number of hydrogen-bond acceptors (Lipinski definition) is 3. The van der Waals surface area contributed by atoms with Crippen molar-refractivity contribution in [2.24, 2.45) is 0 Å². The summed E-state index contributed by atoms with van der Waals surface area (Å²) >= 11 is 0. The quantitative estimate of drug-likeness (QED) is 0.907. The highest BCUT2D eigenvalue weighted by Gasteiger charge is 2.12. The van der Waals surface area contributed by atoms with Crippen molar-refractivity contribution in [2.75, 3.05) is 12.4 Å². The van der Waals surface area contributed by atoms with E-state index in [9.17, 15) is 17.6 Å². The van der Waals surface area contributed by atoms with Gasteiger partial charge in [0, 0.05) is 11.3 Å². The number of carbonyl (C=O) groups is 1. The number of rotatable bonds is 4. The van der Waals surface area contributed by atoms with Crippen LogP contribution in [0.1, 0.15) is 10.4 Å². The zero-order chi connectivity index (χ0) is 15.5. The molecule has 2 rings (SSSR count). The fraction of sp³-hybridized carbons (Fsp3) is 0.0714. The topological polar surface area (TPSA) is 75.3 Å². The summed E-state index contributed by atoms with van der Waals surface area (Å²) in [6.45, 7) is 0. The Hall–Kier alpha value is -2.25. The third-order valence-electron chi connectivity index (χ3n) is 2.78. The molecule has 0 aromatic heterocycles. The lowest BCUT2D eigenvalue weighted by Gasteiger charge is -2.08. The van der Waals surface area contributed by atoms with E-state index >= 15 is 0 Å². The molecule has 5 nitrogen and oxygen atoms in total. The summed E-state index contributed by atoms with van der Waals surface area (Å²) < 4.78 is 38.4. The van der Waals surface area contributed by atoms with E-state index in [1.165, 1.54) is 49.5 Å². The van der Waals surface area contributed by atoms with Gasteiger partial charge in [-0.15, -0.1) is 0 Å². The SMILES string of the molecule is CNS(=O)(=O)c1cccc(NC(=O)c2ccc(F)cc2)c1. The van der Waals surface area contributed by atoms with E-state index in [-0.39, 0.29) is 10.5 Å². The first-order valence-corrected chi connectivity index (χ1v) is 7.51. The predicted molar refractivity (Wildman–Crippen MR) is 77.0 cm³/mol. The number of hydrogen-bond donors (Lipinski definition) is 2. The molecule has 0 aliphatic carbocycles. The average molecular weight is 308 g/mol. The van der Waals surface area contributed by atoms with Crippen LogP contribution in [0, 0.1) is 5.82 Å². The Kier molecular flexibility index (Phi) is 4.35. The standard InChI is InChI=1S/C14H13FN2O3S/c1-16-21(19,20)13-4-2-3-12(9-13)17-14(18)10-5-7-11(15)8-6-10/h2-9,16H,1H3,(H,17,18). The van der Waals surface area contributed by atoms with Crippen LogP contribution in [0.4, 0.5) is 10.1 Å². The van der Waals surface area contributed by atoms with Gasteiger partial charge in [-0.2, -0.15) is 0 Å². The van der Waals surface area contributed by atoms with Crippen LogP contribution in [0.2, 0.25) is 0 Å². The van der Waals surface area contributed by atoms with E-state index in [2.05, 4.69) is 10.0 Å². The zero-order valence-electron chi connectivity index (χ0n) is 11.1. The highest BCUT2D eigenvalue weighted by molar-refractivity contribution is 7.89. The number of sulfonamides is 1. The van der Waals surface area contributed by atoms with Gasteiger partial charge in [-0.05, 0) is 49.5 Å². The number of carbonyl (C=O) groups excluding carboxylic acids is 1. The van der Waals surface area contributed by atoms with Gasteiger partial charge < -0.3 is 5.32 Å². The Morgan fingerprint density at radius 2 is 1.76 bits per heavy atom. The molecule has 21 heavy (non-hydrogen) atoms. The van der Waals surface area contributed by atoms with Crippen LogP contribution in [0.5, 0.6) is 0 Å². The van der Waals surface area contributed by atoms with Gasteiger partial charge in [-0.25, -0.2) is 17.5 Å². The number of amides is 1. The van der Waals surface area contributed by atoms with Gasteiger partial charge in [0.1, 0.15) is 5.82 Å². The summed E-state index contributed by atoms with van der Waals surface area (Å²) in [5.74, 6) is -0.886. The maximum absolute atomic E-state index is 12.8. The van der Waals surface area contributed by atoms with Crippen LogP contribution in [-0.2, 0) is 10.0 Å². The minimum atomic E-state index is -3.58. The highest BCUT2D eigenvalue weighted by atomic mass is 32.2. The first-order chi connectivity index (χ1) is 9.92. The molecule has 0 fully saturated rings. The van der Waals surface area contributed by atoms with E-state index in [1.54, 1.807) is 6.07 Å². The van der Waals surface area contributed by atoms with Gasteiger partial charge in [-0.3, -0.25) is 4.79 Å². The van der Waals surface area contributed by atoms with Gasteiger partial charge in [-0.1, -0.05) is 6.07 Å². The number of anilines is 1. The molecule has 0 unspecified atom stereocenters. The molecule has 0 aliphatic heterocycles.